The SMILES string of the molecule is Cc1cnc(CNC(=O)c2ccc(=O)[nH]c2)c(C)c1. The quantitative estimate of drug-likeness (QED) is 0.870. The molecule has 2 N–H and O–H groups in total. The van der Waals surface area contributed by atoms with E-state index in [1.54, 1.807) is 6.20 Å². The Kier molecular flexibility index (Phi) is 3.75. The van der Waals surface area contributed by atoms with Crippen molar-refractivity contribution in [2.45, 2.75) is 20.4 Å². The van der Waals surface area contributed by atoms with Crippen LogP contribution in [0.5, 0.6) is 0 Å². The third kappa shape index (κ3) is 3.28. The van der Waals surface area contributed by atoms with Gasteiger partial charge in [0.05, 0.1) is 17.8 Å². The first-order valence-corrected chi connectivity index (χ1v) is 5.95. The first kappa shape index (κ1) is 13.0. The molecule has 0 aliphatic carbocycles. The molecule has 0 aliphatic rings. The molecule has 0 saturated carbocycles. The molecule has 2 aromatic rings. The molecule has 0 fully saturated rings. The van der Waals surface area contributed by atoms with E-state index in [-0.39, 0.29) is 11.5 Å². The Morgan fingerprint density at radius 3 is 2.79 bits per heavy atom. The number of aromatic nitrogens is 2. The van der Waals surface area contributed by atoms with Gasteiger partial charge in [0, 0.05) is 18.5 Å². The van der Waals surface area contributed by atoms with Gasteiger partial charge >= 0.3 is 0 Å². The maximum Gasteiger partial charge on any atom is 0.253 e. The minimum absolute atomic E-state index is 0.229. The van der Waals surface area contributed by atoms with E-state index in [1.165, 1.54) is 18.3 Å². The Morgan fingerprint density at radius 2 is 2.16 bits per heavy atom. The molecular formula is C14H15N3O2. The standard InChI is InChI=1S/C14H15N3O2/c1-9-5-10(2)12(15-6-9)8-17-14(19)11-3-4-13(18)16-7-11/h3-7H,8H2,1-2H3,(H,16,18)(H,17,19). The number of aryl methyl sites for hydroxylation is 2. The third-order valence-electron chi connectivity index (χ3n) is 2.79. The highest BCUT2D eigenvalue weighted by molar-refractivity contribution is 5.93. The lowest BCUT2D eigenvalue weighted by molar-refractivity contribution is 0.0950. The lowest BCUT2D eigenvalue weighted by atomic mass is 10.1. The summed E-state index contributed by atoms with van der Waals surface area (Å²) in [7, 11) is 0. The van der Waals surface area contributed by atoms with Gasteiger partial charge in [0.2, 0.25) is 5.56 Å². The van der Waals surface area contributed by atoms with Crippen molar-refractivity contribution in [3.8, 4) is 0 Å². The molecule has 19 heavy (non-hydrogen) atoms. The van der Waals surface area contributed by atoms with E-state index in [4.69, 9.17) is 0 Å². The summed E-state index contributed by atoms with van der Waals surface area (Å²) in [5, 5.41) is 2.77. The molecule has 2 heterocycles. The molecule has 0 aromatic carbocycles. The highest BCUT2D eigenvalue weighted by Crippen LogP contribution is 2.06. The highest BCUT2D eigenvalue weighted by Gasteiger charge is 2.06. The fourth-order valence-electron chi connectivity index (χ4n) is 1.75. The molecule has 0 spiro atoms. The smallest absolute Gasteiger partial charge is 0.253 e. The lowest BCUT2D eigenvalue weighted by Gasteiger charge is -2.07. The van der Waals surface area contributed by atoms with E-state index < -0.39 is 0 Å². The number of hydrogen-bond donors (Lipinski definition) is 2. The number of hydrogen-bond acceptors (Lipinski definition) is 3. The van der Waals surface area contributed by atoms with Crippen molar-refractivity contribution in [1.82, 2.24) is 15.3 Å². The van der Waals surface area contributed by atoms with Crippen LogP contribution >= 0.6 is 0 Å². The molecular weight excluding hydrogens is 242 g/mol. The van der Waals surface area contributed by atoms with Crippen molar-refractivity contribution >= 4 is 5.91 Å². The van der Waals surface area contributed by atoms with E-state index in [2.05, 4.69) is 15.3 Å². The normalized spacial score (nSPS) is 10.2. The molecule has 1 amide bonds. The topological polar surface area (TPSA) is 74.8 Å². The van der Waals surface area contributed by atoms with Gasteiger partial charge in [-0.05, 0) is 31.0 Å². The number of amides is 1. The van der Waals surface area contributed by atoms with Crippen molar-refractivity contribution in [2.75, 3.05) is 0 Å². The number of aromatic amines is 1. The van der Waals surface area contributed by atoms with E-state index in [0.29, 0.717) is 12.1 Å². The predicted octanol–water partition coefficient (Wildman–Crippen LogP) is 1.32. The van der Waals surface area contributed by atoms with Crippen LogP contribution in [0.1, 0.15) is 27.2 Å². The lowest BCUT2D eigenvalue weighted by Crippen LogP contribution is -2.24. The Morgan fingerprint density at radius 1 is 1.37 bits per heavy atom. The van der Waals surface area contributed by atoms with Gasteiger partial charge in [-0.15, -0.1) is 0 Å². The molecule has 98 valence electrons. The van der Waals surface area contributed by atoms with Crippen LogP contribution in [0.15, 0.2) is 35.4 Å². The molecule has 0 unspecified atom stereocenters. The third-order valence-corrected chi connectivity index (χ3v) is 2.79. The van der Waals surface area contributed by atoms with E-state index in [9.17, 15) is 9.59 Å². The van der Waals surface area contributed by atoms with Gasteiger partial charge in [-0.2, -0.15) is 0 Å². The molecule has 2 aromatic heterocycles. The van der Waals surface area contributed by atoms with Gasteiger partial charge in [-0.3, -0.25) is 14.6 Å². The van der Waals surface area contributed by atoms with Crippen molar-refractivity contribution in [1.29, 1.82) is 0 Å². The monoisotopic (exact) mass is 257 g/mol. The number of H-pyrrole nitrogens is 1. The first-order valence-electron chi connectivity index (χ1n) is 5.95. The fourth-order valence-corrected chi connectivity index (χ4v) is 1.75. The number of pyridine rings is 2. The van der Waals surface area contributed by atoms with E-state index >= 15 is 0 Å². The maximum atomic E-state index is 11.8. The van der Waals surface area contributed by atoms with Crippen molar-refractivity contribution in [2.24, 2.45) is 0 Å². The summed E-state index contributed by atoms with van der Waals surface area (Å²) in [4.78, 5) is 29.5. The van der Waals surface area contributed by atoms with Crippen LogP contribution in [-0.4, -0.2) is 15.9 Å². The summed E-state index contributed by atoms with van der Waals surface area (Å²) in [6.45, 7) is 4.30. The average molecular weight is 257 g/mol. The Balaban J connectivity index is 2.04. The van der Waals surface area contributed by atoms with Crippen molar-refractivity contribution in [3.63, 3.8) is 0 Å². The Labute approximate surface area is 110 Å². The second-order valence-corrected chi connectivity index (χ2v) is 4.40. The minimum Gasteiger partial charge on any atom is -0.346 e. The highest BCUT2D eigenvalue weighted by atomic mass is 16.1. The molecule has 5 nitrogen and oxygen atoms in total. The molecule has 0 radical (unpaired) electrons. The predicted molar refractivity (Wildman–Crippen MR) is 71.9 cm³/mol. The summed E-state index contributed by atoms with van der Waals surface area (Å²) in [5.74, 6) is -0.238. The van der Waals surface area contributed by atoms with E-state index in [1.807, 2.05) is 19.9 Å². The van der Waals surface area contributed by atoms with Crippen LogP contribution < -0.4 is 10.9 Å². The largest absolute Gasteiger partial charge is 0.346 e. The fraction of sp³-hybridized carbons (Fsp3) is 0.214. The summed E-state index contributed by atoms with van der Waals surface area (Å²) in [6.07, 6.45) is 3.17. The second-order valence-electron chi connectivity index (χ2n) is 4.40. The van der Waals surface area contributed by atoms with Gasteiger partial charge in [0.15, 0.2) is 0 Å². The zero-order valence-electron chi connectivity index (χ0n) is 10.9. The number of nitrogens with zero attached hydrogens (tertiary/aromatic N) is 1. The van der Waals surface area contributed by atoms with Gasteiger partial charge < -0.3 is 10.3 Å². The maximum absolute atomic E-state index is 11.8. The van der Waals surface area contributed by atoms with Crippen LogP contribution in [0.2, 0.25) is 0 Å². The van der Waals surface area contributed by atoms with Crippen LogP contribution in [0.3, 0.4) is 0 Å². The summed E-state index contributed by atoms with van der Waals surface area (Å²) in [5.41, 5.74) is 3.16. The van der Waals surface area contributed by atoms with Crippen LogP contribution in [0, 0.1) is 13.8 Å². The van der Waals surface area contributed by atoms with Crippen LogP contribution in [0.25, 0.3) is 0 Å². The molecule has 0 bridgehead atoms. The second kappa shape index (κ2) is 5.48. The Hall–Kier alpha value is -2.43. The number of carbonyl (C=O) groups is 1. The average Bonchev–Trinajstić information content (AvgIpc) is 2.38. The minimum atomic E-state index is -0.238. The molecule has 0 atom stereocenters. The molecule has 0 saturated heterocycles. The zero-order valence-corrected chi connectivity index (χ0v) is 10.9. The van der Waals surface area contributed by atoms with Gasteiger partial charge in [0.25, 0.3) is 5.91 Å². The summed E-state index contributed by atoms with van der Waals surface area (Å²) < 4.78 is 0. The number of rotatable bonds is 3. The van der Waals surface area contributed by atoms with Crippen LogP contribution in [0.4, 0.5) is 0 Å². The number of carbonyl (C=O) groups excluding carboxylic acids is 1. The first-order chi connectivity index (χ1) is 9.06. The van der Waals surface area contributed by atoms with Gasteiger partial charge in [0.1, 0.15) is 0 Å². The summed E-state index contributed by atoms with van der Waals surface area (Å²) >= 11 is 0. The molecule has 5 heteroatoms. The molecule has 2 rings (SSSR count). The molecule has 0 aliphatic heterocycles. The van der Waals surface area contributed by atoms with E-state index in [0.717, 1.165) is 16.8 Å². The number of nitrogens with one attached hydrogen (secondary N) is 2. The zero-order chi connectivity index (χ0) is 13.8. The van der Waals surface area contributed by atoms with Crippen molar-refractivity contribution < 1.29 is 4.79 Å². The van der Waals surface area contributed by atoms with Gasteiger partial charge in [-0.1, -0.05) is 6.07 Å². The van der Waals surface area contributed by atoms with Gasteiger partial charge in [-0.25, -0.2) is 0 Å². The Bertz CT molecular complexity index is 641. The summed E-state index contributed by atoms with van der Waals surface area (Å²) in [6, 6.07) is 4.84. The van der Waals surface area contributed by atoms with Crippen molar-refractivity contribution in [3.05, 3.63) is 63.3 Å². The van der Waals surface area contributed by atoms with Crippen LogP contribution in [-0.2, 0) is 6.54 Å².